The van der Waals surface area contributed by atoms with Crippen LogP contribution in [-0.4, -0.2) is 28.6 Å². The van der Waals surface area contributed by atoms with Crippen molar-refractivity contribution in [1.29, 1.82) is 0 Å². The summed E-state index contributed by atoms with van der Waals surface area (Å²) >= 11 is 0. The number of anilines is 2. The van der Waals surface area contributed by atoms with Crippen LogP contribution in [0.5, 0.6) is 0 Å². The highest BCUT2D eigenvalue weighted by Gasteiger charge is 2.18. The van der Waals surface area contributed by atoms with E-state index in [9.17, 15) is 4.79 Å². The minimum Gasteiger partial charge on any atom is -0.464 e. The minimum absolute atomic E-state index is 0.170. The standard InChI is InChI=1S/C12H20N4O2/c1-5-18-12(17)8(4)16-11-9(7(2)3)10(13)14-6-15-11/h6-8H,5H2,1-4H3,(H3,13,14,15,16). The van der Waals surface area contributed by atoms with Gasteiger partial charge in [-0.25, -0.2) is 14.8 Å². The van der Waals surface area contributed by atoms with E-state index >= 15 is 0 Å². The molecule has 0 aromatic carbocycles. The summed E-state index contributed by atoms with van der Waals surface area (Å²) in [6.07, 6.45) is 1.38. The number of rotatable bonds is 5. The summed E-state index contributed by atoms with van der Waals surface area (Å²) in [4.78, 5) is 19.6. The predicted molar refractivity (Wildman–Crippen MR) is 70.3 cm³/mol. The fraction of sp³-hybridized carbons (Fsp3) is 0.583. The SMILES string of the molecule is CCOC(=O)C(C)Nc1ncnc(N)c1C(C)C. The zero-order valence-corrected chi connectivity index (χ0v) is 11.2. The zero-order valence-electron chi connectivity index (χ0n) is 11.2. The highest BCUT2D eigenvalue weighted by atomic mass is 16.5. The fourth-order valence-corrected chi connectivity index (χ4v) is 1.62. The molecule has 0 spiro atoms. The van der Waals surface area contributed by atoms with Crippen molar-refractivity contribution >= 4 is 17.6 Å². The highest BCUT2D eigenvalue weighted by Crippen LogP contribution is 2.26. The highest BCUT2D eigenvalue weighted by molar-refractivity contribution is 5.79. The predicted octanol–water partition coefficient (Wildman–Crippen LogP) is 1.55. The molecule has 3 N–H and O–H groups in total. The van der Waals surface area contributed by atoms with Crippen LogP contribution in [0.15, 0.2) is 6.33 Å². The molecule has 1 atom stereocenters. The monoisotopic (exact) mass is 252 g/mol. The van der Waals surface area contributed by atoms with Crippen LogP contribution in [0.1, 0.15) is 39.2 Å². The lowest BCUT2D eigenvalue weighted by Crippen LogP contribution is -2.29. The van der Waals surface area contributed by atoms with E-state index in [0.29, 0.717) is 18.2 Å². The quantitative estimate of drug-likeness (QED) is 0.773. The number of hydrogen-bond acceptors (Lipinski definition) is 6. The number of nitrogens with zero attached hydrogens (tertiary/aromatic N) is 2. The van der Waals surface area contributed by atoms with Gasteiger partial charge in [-0.15, -0.1) is 0 Å². The molecule has 1 rings (SSSR count). The summed E-state index contributed by atoms with van der Waals surface area (Å²) in [5.74, 6) is 0.865. The molecule has 0 fully saturated rings. The second-order valence-electron chi connectivity index (χ2n) is 4.29. The molecule has 1 aromatic heterocycles. The minimum atomic E-state index is -0.475. The van der Waals surface area contributed by atoms with E-state index in [1.165, 1.54) is 6.33 Å². The number of ether oxygens (including phenoxy) is 1. The molecule has 0 aliphatic rings. The summed E-state index contributed by atoms with van der Waals surface area (Å²) in [5.41, 5.74) is 6.64. The van der Waals surface area contributed by atoms with Gasteiger partial charge in [-0.1, -0.05) is 13.8 Å². The number of aromatic nitrogens is 2. The number of esters is 1. The maximum absolute atomic E-state index is 11.6. The van der Waals surface area contributed by atoms with Crippen molar-refractivity contribution in [3.05, 3.63) is 11.9 Å². The van der Waals surface area contributed by atoms with Crippen LogP contribution in [0.3, 0.4) is 0 Å². The normalized spacial score (nSPS) is 12.3. The first-order chi connectivity index (χ1) is 8.47. The number of nitrogens with one attached hydrogen (secondary N) is 1. The lowest BCUT2D eigenvalue weighted by molar-refractivity contribution is -0.143. The second kappa shape index (κ2) is 6.18. The number of hydrogen-bond donors (Lipinski definition) is 2. The van der Waals surface area contributed by atoms with Gasteiger partial charge in [0.25, 0.3) is 0 Å². The molecule has 6 heteroatoms. The van der Waals surface area contributed by atoms with Gasteiger partial charge in [0.15, 0.2) is 0 Å². The molecule has 0 bridgehead atoms. The summed E-state index contributed by atoms with van der Waals surface area (Å²) in [5, 5.41) is 3.01. The number of nitrogens with two attached hydrogens (primary N) is 1. The Bertz CT molecular complexity index is 421. The summed E-state index contributed by atoms with van der Waals surface area (Å²) in [6.45, 7) is 7.84. The Morgan fingerprint density at radius 3 is 2.67 bits per heavy atom. The van der Waals surface area contributed by atoms with Gasteiger partial charge in [0.1, 0.15) is 24.0 Å². The molecule has 18 heavy (non-hydrogen) atoms. The average Bonchev–Trinajstić information content (AvgIpc) is 2.28. The van der Waals surface area contributed by atoms with Gasteiger partial charge in [-0.2, -0.15) is 0 Å². The van der Waals surface area contributed by atoms with E-state index < -0.39 is 6.04 Å². The van der Waals surface area contributed by atoms with Gasteiger partial charge < -0.3 is 15.8 Å². The maximum atomic E-state index is 11.6. The molecule has 1 heterocycles. The number of carbonyl (C=O) groups excluding carboxylic acids is 1. The molecular formula is C12H20N4O2. The summed E-state index contributed by atoms with van der Waals surface area (Å²) < 4.78 is 4.93. The molecule has 0 radical (unpaired) electrons. The first-order valence-corrected chi connectivity index (χ1v) is 6.00. The molecule has 0 saturated heterocycles. The third kappa shape index (κ3) is 3.32. The van der Waals surface area contributed by atoms with Gasteiger partial charge >= 0.3 is 5.97 Å². The Morgan fingerprint density at radius 2 is 2.11 bits per heavy atom. The fourth-order valence-electron chi connectivity index (χ4n) is 1.62. The first kappa shape index (κ1) is 14.2. The summed E-state index contributed by atoms with van der Waals surface area (Å²) in [7, 11) is 0. The van der Waals surface area contributed by atoms with Crippen molar-refractivity contribution in [2.75, 3.05) is 17.7 Å². The molecule has 0 amide bonds. The second-order valence-corrected chi connectivity index (χ2v) is 4.29. The molecule has 0 aliphatic carbocycles. The molecule has 6 nitrogen and oxygen atoms in total. The lowest BCUT2D eigenvalue weighted by Gasteiger charge is -2.18. The molecule has 100 valence electrons. The number of carbonyl (C=O) groups is 1. The zero-order chi connectivity index (χ0) is 13.7. The van der Waals surface area contributed by atoms with Crippen LogP contribution in [0.2, 0.25) is 0 Å². The van der Waals surface area contributed by atoms with Crippen molar-refractivity contribution in [2.45, 2.75) is 39.7 Å². The van der Waals surface area contributed by atoms with Crippen LogP contribution >= 0.6 is 0 Å². The van der Waals surface area contributed by atoms with Gasteiger partial charge in [0.05, 0.1) is 6.61 Å². The van der Waals surface area contributed by atoms with Crippen LogP contribution in [0.4, 0.5) is 11.6 Å². The first-order valence-electron chi connectivity index (χ1n) is 6.00. The third-order valence-electron chi connectivity index (χ3n) is 2.49. The van der Waals surface area contributed by atoms with Gasteiger partial charge in [0.2, 0.25) is 0 Å². The molecule has 1 aromatic rings. The Kier molecular flexibility index (Phi) is 4.88. The van der Waals surface area contributed by atoms with Crippen LogP contribution < -0.4 is 11.1 Å². The van der Waals surface area contributed by atoms with Crippen molar-refractivity contribution in [2.24, 2.45) is 0 Å². The van der Waals surface area contributed by atoms with Crippen LogP contribution in [0, 0.1) is 0 Å². The van der Waals surface area contributed by atoms with E-state index in [2.05, 4.69) is 15.3 Å². The summed E-state index contributed by atoms with van der Waals surface area (Å²) in [6, 6.07) is -0.475. The van der Waals surface area contributed by atoms with Gasteiger partial charge in [0, 0.05) is 5.56 Å². The molecule has 0 aliphatic heterocycles. The molecular weight excluding hydrogens is 232 g/mol. The third-order valence-corrected chi connectivity index (χ3v) is 2.49. The molecule has 1 unspecified atom stereocenters. The van der Waals surface area contributed by atoms with Crippen LogP contribution in [-0.2, 0) is 9.53 Å². The van der Waals surface area contributed by atoms with E-state index in [0.717, 1.165) is 5.56 Å². The van der Waals surface area contributed by atoms with Crippen molar-refractivity contribution in [3.63, 3.8) is 0 Å². The Labute approximate surface area is 107 Å². The smallest absolute Gasteiger partial charge is 0.328 e. The average molecular weight is 252 g/mol. The van der Waals surface area contributed by atoms with E-state index in [1.54, 1.807) is 13.8 Å². The van der Waals surface area contributed by atoms with E-state index in [1.807, 2.05) is 13.8 Å². The topological polar surface area (TPSA) is 90.1 Å². The van der Waals surface area contributed by atoms with Crippen molar-refractivity contribution in [3.8, 4) is 0 Å². The maximum Gasteiger partial charge on any atom is 0.328 e. The molecule has 0 saturated carbocycles. The number of nitrogen functional groups attached to an aromatic ring is 1. The van der Waals surface area contributed by atoms with E-state index in [-0.39, 0.29) is 11.9 Å². The lowest BCUT2D eigenvalue weighted by atomic mass is 10.0. The van der Waals surface area contributed by atoms with Gasteiger partial charge in [-0.3, -0.25) is 0 Å². The van der Waals surface area contributed by atoms with Crippen molar-refractivity contribution in [1.82, 2.24) is 9.97 Å². The van der Waals surface area contributed by atoms with Gasteiger partial charge in [-0.05, 0) is 19.8 Å². The Morgan fingerprint density at radius 1 is 1.44 bits per heavy atom. The largest absolute Gasteiger partial charge is 0.464 e. The van der Waals surface area contributed by atoms with Crippen molar-refractivity contribution < 1.29 is 9.53 Å². The Balaban J connectivity index is 2.90. The van der Waals surface area contributed by atoms with Crippen LogP contribution in [0.25, 0.3) is 0 Å². The van der Waals surface area contributed by atoms with E-state index in [4.69, 9.17) is 10.5 Å². The Hall–Kier alpha value is -1.85.